The summed E-state index contributed by atoms with van der Waals surface area (Å²) in [5, 5.41) is 4.06. The maximum absolute atomic E-state index is 5.94. The Labute approximate surface area is 121 Å². The number of hydrogen-bond donors (Lipinski definition) is 1. The zero-order chi connectivity index (χ0) is 13.3. The minimum absolute atomic E-state index is 0. The minimum atomic E-state index is -0.0788. The molecule has 0 aromatic carbocycles. The standard InChI is InChI=1S/C13H24N4O.ClH/c1-9(14)10-5-6-17(7-10)8-11-15-12(18-16-11)13(2,3)4;/h9-10H,5-8,14H2,1-4H3;1H. The van der Waals surface area contributed by atoms with E-state index in [1.807, 2.05) is 0 Å². The van der Waals surface area contributed by atoms with Crippen molar-refractivity contribution in [3.8, 4) is 0 Å². The zero-order valence-corrected chi connectivity index (χ0v) is 13.0. The first-order valence-electron chi connectivity index (χ1n) is 6.67. The molecule has 5 nitrogen and oxygen atoms in total. The van der Waals surface area contributed by atoms with E-state index in [1.165, 1.54) is 6.42 Å². The van der Waals surface area contributed by atoms with Crippen molar-refractivity contribution in [1.29, 1.82) is 0 Å². The van der Waals surface area contributed by atoms with Crippen molar-refractivity contribution in [1.82, 2.24) is 15.0 Å². The van der Waals surface area contributed by atoms with Crippen LogP contribution in [0, 0.1) is 5.92 Å². The molecular formula is C13H25ClN4O. The lowest BCUT2D eigenvalue weighted by Gasteiger charge is -2.16. The third-order valence-electron chi connectivity index (χ3n) is 3.53. The van der Waals surface area contributed by atoms with Gasteiger partial charge in [0.2, 0.25) is 5.89 Å². The van der Waals surface area contributed by atoms with Crippen LogP contribution in [0.15, 0.2) is 4.52 Å². The number of nitrogens with zero attached hydrogens (tertiary/aromatic N) is 3. The van der Waals surface area contributed by atoms with E-state index in [4.69, 9.17) is 10.3 Å². The number of likely N-dealkylation sites (tertiary alicyclic amines) is 1. The number of aromatic nitrogens is 2. The zero-order valence-electron chi connectivity index (χ0n) is 12.2. The molecular weight excluding hydrogens is 264 g/mol. The maximum Gasteiger partial charge on any atom is 0.232 e. The van der Waals surface area contributed by atoms with Gasteiger partial charge in [0, 0.05) is 18.0 Å². The molecule has 2 heterocycles. The summed E-state index contributed by atoms with van der Waals surface area (Å²) in [7, 11) is 0. The third-order valence-corrected chi connectivity index (χ3v) is 3.53. The Morgan fingerprint density at radius 2 is 2.16 bits per heavy atom. The van der Waals surface area contributed by atoms with Crippen LogP contribution in [0.4, 0.5) is 0 Å². The van der Waals surface area contributed by atoms with Gasteiger partial charge in [0.05, 0.1) is 6.54 Å². The van der Waals surface area contributed by atoms with Crippen LogP contribution < -0.4 is 5.73 Å². The summed E-state index contributed by atoms with van der Waals surface area (Å²) in [6.07, 6.45) is 1.17. The number of hydrogen-bond acceptors (Lipinski definition) is 5. The van der Waals surface area contributed by atoms with Crippen LogP contribution in [-0.4, -0.2) is 34.2 Å². The summed E-state index contributed by atoms with van der Waals surface area (Å²) >= 11 is 0. The van der Waals surface area contributed by atoms with Gasteiger partial charge >= 0.3 is 0 Å². The molecule has 110 valence electrons. The van der Waals surface area contributed by atoms with Crippen molar-refractivity contribution in [3.63, 3.8) is 0 Å². The molecule has 2 unspecified atom stereocenters. The van der Waals surface area contributed by atoms with E-state index >= 15 is 0 Å². The first-order chi connectivity index (χ1) is 8.36. The SMILES string of the molecule is CC(N)C1CCN(Cc2noc(C(C)(C)C)n2)C1.Cl. The summed E-state index contributed by atoms with van der Waals surface area (Å²) in [5.74, 6) is 2.09. The Hall–Kier alpha value is -0.650. The molecule has 1 aromatic heterocycles. The Morgan fingerprint density at radius 1 is 1.47 bits per heavy atom. The smallest absolute Gasteiger partial charge is 0.232 e. The summed E-state index contributed by atoms with van der Waals surface area (Å²) in [5.41, 5.74) is 5.86. The Balaban J connectivity index is 0.00000180. The van der Waals surface area contributed by atoms with E-state index in [-0.39, 0.29) is 23.9 Å². The molecule has 2 rings (SSSR count). The van der Waals surface area contributed by atoms with E-state index in [0.29, 0.717) is 11.8 Å². The van der Waals surface area contributed by atoms with Crippen LogP contribution in [-0.2, 0) is 12.0 Å². The normalized spacial score (nSPS) is 22.3. The predicted molar refractivity (Wildman–Crippen MR) is 77.3 cm³/mol. The van der Waals surface area contributed by atoms with E-state index in [0.717, 1.165) is 25.5 Å². The molecule has 0 radical (unpaired) electrons. The van der Waals surface area contributed by atoms with Crippen LogP contribution >= 0.6 is 12.4 Å². The van der Waals surface area contributed by atoms with Crippen molar-refractivity contribution < 1.29 is 4.52 Å². The van der Waals surface area contributed by atoms with Gasteiger partial charge < -0.3 is 10.3 Å². The lowest BCUT2D eigenvalue weighted by molar-refractivity contribution is 0.287. The second-order valence-corrected chi connectivity index (χ2v) is 6.41. The van der Waals surface area contributed by atoms with Crippen LogP contribution in [0.25, 0.3) is 0 Å². The highest BCUT2D eigenvalue weighted by molar-refractivity contribution is 5.85. The molecule has 0 bridgehead atoms. The summed E-state index contributed by atoms with van der Waals surface area (Å²) in [6.45, 7) is 11.2. The van der Waals surface area contributed by atoms with Gasteiger partial charge in [-0.3, -0.25) is 4.90 Å². The van der Waals surface area contributed by atoms with E-state index in [2.05, 4.69) is 42.7 Å². The highest BCUT2D eigenvalue weighted by atomic mass is 35.5. The Morgan fingerprint density at radius 3 is 2.63 bits per heavy atom. The largest absolute Gasteiger partial charge is 0.339 e. The van der Waals surface area contributed by atoms with Gasteiger partial charge in [-0.25, -0.2) is 0 Å². The molecule has 1 saturated heterocycles. The predicted octanol–water partition coefficient (Wildman–Crippen LogP) is 1.96. The van der Waals surface area contributed by atoms with Crippen molar-refractivity contribution in [2.45, 2.75) is 52.1 Å². The van der Waals surface area contributed by atoms with Gasteiger partial charge in [-0.1, -0.05) is 25.9 Å². The quantitative estimate of drug-likeness (QED) is 0.921. The molecule has 1 fully saturated rings. The average Bonchev–Trinajstić information content (AvgIpc) is 2.85. The highest BCUT2D eigenvalue weighted by Gasteiger charge is 2.27. The topological polar surface area (TPSA) is 68.2 Å². The first-order valence-corrected chi connectivity index (χ1v) is 6.67. The third kappa shape index (κ3) is 4.16. The fourth-order valence-electron chi connectivity index (χ4n) is 2.26. The molecule has 1 aliphatic rings. The summed E-state index contributed by atoms with van der Waals surface area (Å²) in [4.78, 5) is 6.82. The highest BCUT2D eigenvalue weighted by Crippen LogP contribution is 2.22. The minimum Gasteiger partial charge on any atom is -0.339 e. The molecule has 19 heavy (non-hydrogen) atoms. The molecule has 2 N–H and O–H groups in total. The van der Waals surface area contributed by atoms with Gasteiger partial charge in [-0.15, -0.1) is 12.4 Å². The van der Waals surface area contributed by atoms with Crippen molar-refractivity contribution in [2.24, 2.45) is 11.7 Å². The van der Waals surface area contributed by atoms with Crippen molar-refractivity contribution in [3.05, 3.63) is 11.7 Å². The molecule has 0 spiro atoms. The van der Waals surface area contributed by atoms with Gasteiger partial charge in [0.15, 0.2) is 5.82 Å². The number of halogens is 1. The first kappa shape index (κ1) is 16.4. The molecule has 1 aromatic rings. The second kappa shape index (κ2) is 6.20. The molecule has 0 amide bonds. The van der Waals surface area contributed by atoms with Crippen LogP contribution in [0.1, 0.15) is 45.8 Å². The lowest BCUT2D eigenvalue weighted by atomic mass is 9.97. The Bertz CT molecular complexity index is 400. The molecule has 1 aliphatic heterocycles. The maximum atomic E-state index is 5.94. The monoisotopic (exact) mass is 288 g/mol. The number of nitrogens with two attached hydrogens (primary N) is 1. The van der Waals surface area contributed by atoms with Crippen molar-refractivity contribution in [2.75, 3.05) is 13.1 Å². The second-order valence-electron chi connectivity index (χ2n) is 6.41. The van der Waals surface area contributed by atoms with Gasteiger partial charge in [-0.2, -0.15) is 4.98 Å². The molecule has 6 heteroatoms. The molecule has 0 saturated carbocycles. The fraction of sp³-hybridized carbons (Fsp3) is 0.846. The van der Waals surface area contributed by atoms with Gasteiger partial charge in [-0.05, 0) is 25.8 Å². The number of rotatable bonds is 3. The van der Waals surface area contributed by atoms with Crippen LogP contribution in [0.3, 0.4) is 0 Å². The van der Waals surface area contributed by atoms with E-state index < -0.39 is 0 Å². The fourth-order valence-corrected chi connectivity index (χ4v) is 2.26. The van der Waals surface area contributed by atoms with Gasteiger partial charge in [0.1, 0.15) is 0 Å². The molecule has 2 atom stereocenters. The lowest BCUT2D eigenvalue weighted by Crippen LogP contribution is -2.29. The summed E-state index contributed by atoms with van der Waals surface area (Å²) < 4.78 is 5.30. The van der Waals surface area contributed by atoms with Crippen LogP contribution in [0.2, 0.25) is 0 Å². The van der Waals surface area contributed by atoms with Crippen molar-refractivity contribution >= 4 is 12.4 Å². The molecule has 0 aliphatic carbocycles. The summed E-state index contributed by atoms with van der Waals surface area (Å²) in [6, 6.07) is 0.269. The average molecular weight is 289 g/mol. The van der Waals surface area contributed by atoms with Gasteiger partial charge in [0.25, 0.3) is 0 Å². The Kier molecular flexibility index (Phi) is 5.35. The van der Waals surface area contributed by atoms with E-state index in [9.17, 15) is 0 Å². The van der Waals surface area contributed by atoms with Crippen LogP contribution in [0.5, 0.6) is 0 Å². The van der Waals surface area contributed by atoms with E-state index in [1.54, 1.807) is 0 Å².